The van der Waals surface area contributed by atoms with Crippen molar-refractivity contribution in [2.24, 2.45) is 29.6 Å². The number of hydrogen-bond acceptors (Lipinski definition) is 1. The fourth-order valence-corrected chi connectivity index (χ4v) is 3.85. The van der Waals surface area contributed by atoms with E-state index in [4.69, 9.17) is 0 Å². The average molecular weight is 220 g/mol. The summed E-state index contributed by atoms with van der Waals surface area (Å²) in [6.07, 6.45) is 4.47. The molecule has 0 unspecified atom stereocenters. The minimum atomic E-state index is 0.361. The molecule has 2 aliphatic carbocycles. The Balaban J connectivity index is 2.21. The standard InChI is InChI=1S/C15H24O/c1-9(2)12-6-5-10(3)15-13(8-12)11(4)7-14(15)16/h10-13,15H,1,5-8H2,2-4H3/t10-,11-,12+,13-,15-/m0/s1. The van der Waals surface area contributed by atoms with Crippen LogP contribution in [0.1, 0.15) is 46.5 Å². The normalized spacial score (nSPS) is 43.9. The molecule has 1 heteroatoms. The molecule has 90 valence electrons. The van der Waals surface area contributed by atoms with Crippen LogP contribution in [-0.4, -0.2) is 5.78 Å². The fraction of sp³-hybridized carbons (Fsp3) is 0.800. The number of Topliss-reactive ketones (excluding diaryl/α,β-unsaturated/α-hetero) is 1. The zero-order valence-electron chi connectivity index (χ0n) is 10.8. The summed E-state index contributed by atoms with van der Waals surface area (Å²) in [5, 5.41) is 0. The number of ketones is 1. The lowest BCUT2D eigenvalue weighted by Gasteiger charge is -2.24. The van der Waals surface area contributed by atoms with Crippen molar-refractivity contribution in [3.63, 3.8) is 0 Å². The molecule has 0 radical (unpaired) electrons. The smallest absolute Gasteiger partial charge is 0.136 e. The van der Waals surface area contributed by atoms with Gasteiger partial charge in [-0.15, -0.1) is 0 Å². The Morgan fingerprint density at radius 1 is 1.25 bits per heavy atom. The minimum Gasteiger partial charge on any atom is -0.299 e. The first kappa shape index (κ1) is 11.9. The highest BCUT2D eigenvalue weighted by Gasteiger charge is 2.45. The van der Waals surface area contributed by atoms with E-state index in [1.165, 1.54) is 24.8 Å². The van der Waals surface area contributed by atoms with E-state index in [0.717, 1.165) is 6.42 Å². The van der Waals surface area contributed by atoms with Gasteiger partial charge in [-0.3, -0.25) is 4.79 Å². The van der Waals surface area contributed by atoms with Crippen LogP contribution >= 0.6 is 0 Å². The molecular weight excluding hydrogens is 196 g/mol. The van der Waals surface area contributed by atoms with E-state index < -0.39 is 0 Å². The predicted octanol–water partition coefficient (Wildman–Crippen LogP) is 3.84. The highest BCUT2D eigenvalue weighted by atomic mass is 16.1. The molecule has 2 rings (SSSR count). The summed E-state index contributed by atoms with van der Waals surface area (Å²) in [6.45, 7) is 10.8. The molecule has 0 amide bonds. The van der Waals surface area contributed by atoms with Crippen molar-refractivity contribution >= 4 is 5.78 Å². The second kappa shape index (κ2) is 4.35. The predicted molar refractivity (Wildman–Crippen MR) is 67.1 cm³/mol. The number of rotatable bonds is 1. The number of allylic oxidation sites excluding steroid dienone is 1. The molecule has 0 aliphatic heterocycles. The van der Waals surface area contributed by atoms with Gasteiger partial charge in [0.25, 0.3) is 0 Å². The minimum absolute atomic E-state index is 0.361. The monoisotopic (exact) mass is 220 g/mol. The highest BCUT2D eigenvalue weighted by Crippen LogP contribution is 2.47. The van der Waals surface area contributed by atoms with Crippen LogP contribution in [0.3, 0.4) is 0 Å². The van der Waals surface area contributed by atoms with Crippen LogP contribution in [0, 0.1) is 29.6 Å². The molecule has 1 nitrogen and oxygen atoms in total. The van der Waals surface area contributed by atoms with Crippen molar-refractivity contribution in [2.45, 2.75) is 46.5 Å². The number of fused-ring (bicyclic) bond motifs is 1. The molecule has 0 aromatic carbocycles. The molecule has 0 bridgehead atoms. The van der Waals surface area contributed by atoms with Crippen LogP contribution in [0.5, 0.6) is 0 Å². The first-order valence-corrected chi connectivity index (χ1v) is 6.68. The second-order valence-electron chi connectivity index (χ2n) is 6.17. The summed E-state index contributed by atoms with van der Waals surface area (Å²) in [6, 6.07) is 0. The van der Waals surface area contributed by atoms with Gasteiger partial charge in [-0.2, -0.15) is 0 Å². The maximum atomic E-state index is 12.0. The quantitative estimate of drug-likeness (QED) is 0.614. The SMILES string of the molecule is C=C(C)[C@@H]1CC[C@H](C)[C@@H]2C(=O)C[C@H](C)[C@@H]2C1. The van der Waals surface area contributed by atoms with Crippen LogP contribution < -0.4 is 0 Å². The third kappa shape index (κ3) is 1.97. The summed E-state index contributed by atoms with van der Waals surface area (Å²) in [4.78, 5) is 12.0. The van der Waals surface area contributed by atoms with E-state index in [1.807, 2.05) is 0 Å². The zero-order chi connectivity index (χ0) is 11.9. The zero-order valence-corrected chi connectivity index (χ0v) is 10.8. The Morgan fingerprint density at radius 2 is 1.94 bits per heavy atom. The molecular formula is C15H24O. The lowest BCUT2D eigenvalue weighted by atomic mass is 9.79. The molecule has 0 spiro atoms. The number of carbonyl (C=O) groups excluding carboxylic acids is 1. The van der Waals surface area contributed by atoms with Gasteiger partial charge >= 0.3 is 0 Å². The van der Waals surface area contributed by atoms with Crippen LogP contribution in [0.15, 0.2) is 12.2 Å². The van der Waals surface area contributed by atoms with Crippen molar-refractivity contribution in [3.05, 3.63) is 12.2 Å². The molecule has 0 aromatic rings. The summed E-state index contributed by atoms with van der Waals surface area (Å²) in [7, 11) is 0. The maximum Gasteiger partial charge on any atom is 0.136 e. The summed E-state index contributed by atoms with van der Waals surface area (Å²) < 4.78 is 0. The van der Waals surface area contributed by atoms with Crippen molar-refractivity contribution in [2.75, 3.05) is 0 Å². The Hall–Kier alpha value is -0.590. The molecule has 2 fully saturated rings. The largest absolute Gasteiger partial charge is 0.299 e. The Morgan fingerprint density at radius 3 is 2.56 bits per heavy atom. The van der Waals surface area contributed by atoms with Crippen LogP contribution in [0.4, 0.5) is 0 Å². The lowest BCUT2D eigenvalue weighted by Crippen LogP contribution is -2.22. The van der Waals surface area contributed by atoms with Crippen molar-refractivity contribution < 1.29 is 4.79 Å². The van der Waals surface area contributed by atoms with Gasteiger partial charge in [-0.1, -0.05) is 26.0 Å². The van der Waals surface area contributed by atoms with Gasteiger partial charge in [-0.05, 0) is 49.9 Å². The van der Waals surface area contributed by atoms with Gasteiger partial charge < -0.3 is 0 Å². The fourth-order valence-electron chi connectivity index (χ4n) is 3.85. The highest BCUT2D eigenvalue weighted by molar-refractivity contribution is 5.84. The van der Waals surface area contributed by atoms with E-state index in [2.05, 4.69) is 27.4 Å². The third-order valence-electron chi connectivity index (χ3n) is 4.92. The Labute approximate surface area is 99.3 Å². The molecule has 0 N–H and O–H groups in total. The molecule has 2 aliphatic rings. The van der Waals surface area contributed by atoms with Gasteiger partial charge in [0.2, 0.25) is 0 Å². The van der Waals surface area contributed by atoms with E-state index in [-0.39, 0.29) is 0 Å². The first-order chi connectivity index (χ1) is 7.50. The summed E-state index contributed by atoms with van der Waals surface area (Å²) >= 11 is 0. The Kier molecular flexibility index (Phi) is 3.23. The average Bonchev–Trinajstić information content (AvgIpc) is 2.39. The van der Waals surface area contributed by atoms with E-state index in [9.17, 15) is 4.79 Å². The van der Waals surface area contributed by atoms with Crippen LogP contribution in [0.25, 0.3) is 0 Å². The Bertz CT molecular complexity index is 305. The van der Waals surface area contributed by atoms with Crippen LogP contribution in [-0.2, 0) is 4.79 Å². The topological polar surface area (TPSA) is 17.1 Å². The first-order valence-electron chi connectivity index (χ1n) is 6.68. The van der Waals surface area contributed by atoms with Gasteiger partial charge in [0.1, 0.15) is 5.78 Å². The molecule has 2 saturated carbocycles. The van der Waals surface area contributed by atoms with Gasteiger partial charge in [-0.25, -0.2) is 0 Å². The molecule has 16 heavy (non-hydrogen) atoms. The van der Waals surface area contributed by atoms with Crippen molar-refractivity contribution in [1.29, 1.82) is 0 Å². The number of hydrogen-bond donors (Lipinski definition) is 0. The van der Waals surface area contributed by atoms with Crippen molar-refractivity contribution in [3.8, 4) is 0 Å². The van der Waals surface area contributed by atoms with E-state index in [0.29, 0.717) is 35.4 Å². The maximum absolute atomic E-state index is 12.0. The summed E-state index contributed by atoms with van der Waals surface area (Å²) in [5.74, 6) is 3.37. The van der Waals surface area contributed by atoms with Crippen molar-refractivity contribution in [1.82, 2.24) is 0 Å². The molecule has 0 saturated heterocycles. The van der Waals surface area contributed by atoms with Gasteiger partial charge in [0.05, 0.1) is 0 Å². The van der Waals surface area contributed by atoms with E-state index >= 15 is 0 Å². The van der Waals surface area contributed by atoms with Crippen LogP contribution in [0.2, 0.25) is 0 Å². The van der Waals surface area contributed by atoms with Gasteiger partial charge in [0.15, 0.2) is 0 Å². The third-order valence-corrected chi connectivity index (χ3v) is 4.92. The van der Waals surface area contributed by atoms with E-state index in [1.54, 1.807) is 0 Å². The second-order valence-corrected chi connectivity index (χ2v) is 6.17. The summed E-state index contributed by atoms with van der Waals surface area (Å²) in [5.41, 5.74) is 1.32. The molecule has 5 atom stereocenters. The molecule has 0 aromatic heterocycles. The molecule has 0 heterocycles. The number of carbonyl (C=O) groups is 1. The lowest BCUT2D eigenvalue weighted by molar-refractivity contribution is -0.122. The van der Waals surface area contributed by atoms with Gasteiger partial charge in [0, 0.05) is 12.3 Å².